The van der Waals surface area contributed by atoms with Crippen LogP contribution < -0.4 is 0 Å². The summed E-state index contributed by atoms with van der Waals surface area (Å²) in [5, 5.41) is 0.513. The van der Waals surface area contributed by atoms with Gasteiger partial charge in [0.05, 0.1) is 0 Å². The van der Waals surface area contributed by atoms with Crippen molar-refractivity contribution in [3.63, 3.8) is 0 Å². The molecule has 0 radical (unpaired) electrons. The molecule has 1 unspecified atom stereocenters. The summed E-state index contributed by atoms with van der Waals surface area (Å²) in [7, 11) is 0. The molecule has 19 heavy (non-hydrogen) atoms. The molecular weight excluding hydrogens is 289 g/mol. The van der Waals surface area contributed by atoms with Gasteiger partial charge in [-0.05, 0) is 47.9 Å². The van der Waals surface area contributed by atoms with E-state index >= 15 is 0 Å². The van der Waals surface area contributed by atoms with Crippen LogP contribution in [-0.2, 0) is 6.42 Å². The number of hydrogen-bond acceptors (Lipinski definition) is 0. The van der Waals surface area contributed by atoms with Crippen molar-refractivity contribution in [3.05, 3.63) is 70.2 Å². The van der Waals surface area contributed by atoms with Crippen LogP contribution in [-0.4, -0.2) is 5.88 Å². The minimum atomic E-state index is -0.327. The lowest BCUT2D eigenvalue weighted by molar-refractivity contribution is 0.622. The third kappa shape index (κ3) is 3.68. The van der Waals surface area contributed by atoms with E-state index in [-0.39, 0.29) is 17.6 Å². The molecule has 0 N–H and O–H groups in total. The Morgan fingerprint density at radius 2 is 1.58 bits per heavy atom. The maximum Gasteiger partial charge on any atom is 0.123 e. The van der Waals surface area contributed by atoms with Gasteiger partial charge in [0.15, 0.2) is 0 Å². The Labute approximate surface area is 121 Å². The lowest BCUT2D eigenvalue weighted by Gasteiger charge is -2.15. The van der Waals surface area contributed by atoms with Crippen LogP contribution in [0.4, 0.5) is 8.78 Å². The molecule has 0 bridgehead atoms. The van der Waals surface area contributed by atoms with Gasteiger partial charge in [0.25, 0.3) is 0 Å². The predicted molar refractivity (Wildman–Crippen MR) is 75.0 cm³/mol. The van der Waals surface area contributed by atoms with Crippen molar-refractivity contribution >= 4 is 23.2 Å². The van der Waals surface area contributed by atoms with E-state index in [4.69, 9.17) is 23.2 Å². The summed E-state index contributed by atoms with van der Waals surface area (Å²) in [6.07, 6.45) is 0.520. The van der Waals surface area contributed by atoms with Gasteiger partial charge in [0.1, 0.15) is 11.6 Å². The van der Waals surface area contributed by atoms with Crippen LogP contribution in [0.3, 0.4) is 0 Å². The van der Waals surface area contributed by atoms with Gasteiger partial charge in [-0.2, -0.15) is 0 Å². The largest absolute Gasteiger partial charge is 0.207 e. The Bertz CT molecular complexity index is 553. The summed E-state index contributed by atoms with van der Waals surface area (Å²) >= 11 is 12.0. The average Bonchev–Trinajstić information content (AvgIpc) is 2.41. The van der Waals surface area contributed by atoms with E-state index in [0.717, 1.165) is 5.56 Å². The molecule has 100 valence electrons. The summed E-state index contributed by atoms with van der Waals surface area (Å²) in [6.45, 7) is 0. The predicted octanol–water partition coefficient (Wildman–Crippen LogP) is 5.18. The van der Waals surface area contributed by atoms with E-state index in [9.17, 15) is 8.78 Å². The smallest absolute Gasteiger partial charge is 0.123 e. The monoisotopic (exact) mass is 300 g/mol. The summed E-state index contributed by atoms with van der Waals surface area (Å²) in [6, 6.07) is 10.4. The standard InChI is InChI=1S/C15H12Cl2F2/c16-9-12(10-1-3-13(18)4-2-10)7-11-8-14(19)5-6-15(11)17/h1-6,8,12H,7,9H2. The van der Waals surface area contributed by atoms with Crippen LogP contribution in [0.1, 0.15) is 17.0 Å². The molecule has 0 amide bonds. The van der Waals surface area contributed by atoms with Gasteiger partial charge in [-0.1, -0.05) is 23.7 Å². The Hall–Kier alpha value is -1.12. The third-order valence-corrected chi connectivity index (χ3v) is 3.74. The Morgan fingerprint density at radius 3 is 2.21 bits per heavy atom. The molecule has 2 aromatic carbocycles. The molecule has 0 nitrogen and oxygen atoms in total. The van der Waals surface area contributed by atoms with Crippen LogP contribution in [0, 0.1) is 11.6 Å². The fourth-order valence-corrected chi connectivity index (χ4v) is 2.44. The average molecular weight is 301 g/mol. The number of rotatable bonds is 4. The summed E-state index contributed by atoms with van der Waals surface area (Å²) in [5.41, 5.74) is 1.62. The van der Waals surface area contributed by atoms with Gasteiger partial charge in [-0.25, -0.2) is 8.78 Å². The first-order chi connectivity index (χ1) is 9.10. The molecule has 0 spiro atoms. The van der Waals surface area contributed by atoms with Crippen LogP contribution in [0.15, 0.2) is 42.5 Å². The molecular formula is C15H12Cl2F2. The highest BCUT2D eigenvalue weighted by atomic mass is 35.5. The zero-order valence-corrected chi connectivity index (χ0v) is 11.6. The highest BCUT2D eigenvalue weighted by Gasteiger charge is 2.14. The van der Waals surface area contributed by atoms with Crippen molar-refractivity contribution < 1.29 is 8.78 Å². The van der Waals surface area contributed by atoms with E-state index in [2.05, 4.69) is 0 Å². The van der Waals surface area contributed by atoms with Crippen LogP contribution in [0.5, 0.6) is 0 Å². The fraction of sp³-hybridized carbons (Fsp3) is 0.200. The number of halogens is 4. The molecule has 2 aromatic rings. The van der Waals surface area contributed by atoms with E-state index in [1.165, 1.54) is 30.3 Å². The first kappa shape index (κ1) is 14.3. The van der Waals surface area contributed by atoms with Gasteiger partial charge in [-0.3, -0.25) is 0 Å². The minimum Gasteiger partial charge on any atom is -0.207 e. The van der Waals surface area contributed by atoms with Crippen molar-refractivity contribution in [1.29, 1.82) is 0 Å². The van der Waals surface area contributed by atoms with Crippen LogP contribution in [0.25, 0.3) is 0 Å². The Morgan fingerprint density at radius 1 is 0.947 bits per heavy atom. The molecule has 0 heterocycles. The quantitative estimate of drug-likeness (QED) is 0.682. The van der Waals surface area contributed by atoms with E-state index < -0.39 is 0 Å². The minimum absolute atomic E-state index is 0.0263. The second-order valence-electron chi connectivity index (χ2n) is 4.34. The molecule has 0 aliphatic carbocycles. The van der Waals surface area contributed by atoms with E-state index in [1.54, 1.807) is 12.1 Å². The topological polar surface area (TPSA) is 0 Å². The summed E-state index contributed by atoms with van der Waals surface area (Å²) in [4.78, 5) is 0. The van der Waals surface area contributed by atoms with E-state index in [1.807, 2.05) is 0 Å². The van der Waals surface area contributed by atoms with Gasteiger partial charge < -0.3 is 0 Å². The number of hydrogen-bond donors (Lipinski definition) is 0. The SMILES string of the molecule is Fc1ccc(C(CCl)Cc2cc(F)ccc2Cl)cc1. The Balaban J connectivity index is 2.23. The third-order valence-electron chi connectivity index (χ3n) is 3.00. The maximum absolute atomic E-state index is 13.2. The highest BCUT2D eigenvalue weighted by molar-refractivity contribution is 6.31. The first-order valence-electron chi connectivity index (χ1n) is 5.85. The van der Waals surface area contributed by atoms with Crippen molar-refractivity contribution in [2.75, 3.05) is 5.88 Å². The zero-order valence-electron chi connectivity index (χ0n) is 10.0. The highest BCUT2D eigenvalue weighted by Crippen LogP contribution is 2.27. The van der Waals surface area contributed by atoms with Gasteiger partial charge >= 0.3 is 0 Å². The molecule has 0 saturated carbocycles. The number of alkyl halides is 1. The molecule has 0 aliphatic heterocycles. The van der Waals surface area contributed by atoms with Gasteiger partial charge in [0.2, 0.25) is 0 Å². The Kier molecular flexibility index (Phi) is 4.78. The summed E-state index contributed by atoms with van der Waals surface area (Å²) < 4.78 is 26.1. The maximum atomic E-state index is 13.2. The number of benzene rings is 2. The molecule has 1 atom stereocenters. The van der Waals surface area contributed by atoms with Gasteiger partial charge in [0, 0.05) is 16.8 Å². The van der Waals surface area contributed by atoms with Crippen molar-refractivity contribution in [3.8, 4) is 0 Å². The van der Waals surface area contributed by atoms with Crippen LogP contribution in [0.2, 0.25) is 5.02 Å². The molecule has 0 saturated heterocycles. The van der Waals surface area contributed by atoms with Crippen molar-refractivity contribution in [1.82, 2.24) is 0 Å². The lowest BCUT2D eigenvalue weighted by Crippen LogP contribution is -2.05. The summed E-state index contributed by atoms with van der Waals surface area (Å²) in [5.74, 6) is -0.285. The normalized spacial score (nSPS) is 12.4. The molecule has 4 heteroatoms. The first-order valence-corrected chi connectivity index (χ1v) is 6.76. The molecule has 0 aliphatic rings. The fourth-order valence-electron chi connectivity index (χ4n) is 1.96. The van der Waals surface area contributed by atoms with Crippen LogP contribution >= 0.6 is 23.2 Å². The molecule has 0 aromatic heterocycles. The van der Waals surface area contributed by atoms with E-state index in [0.29, 0.717) is 22.9 Å². The lowest BCUT2D eigenvalue weighted by atomic mass is 9.93. The van der Waals surface area contributed by atoms with Gasteiger partial charge in [-0.15, -0.1) is 11.6 Å². The van der Waals surface area contributed by atoms with Crippen molar-refractivity contribution in [2.45, 2.75) is 12.3 Å². The molecule has 2 rings (SSSR count). The second-order valence-corrected chi connectivity index (χ2v) is 5.06. The second kappa shape index (κ2) is 6.36. The van der Waals surface area contributed by atoms with Crippen molar-refractivity contribution in [2.24, 2.45) is 0 Å². The zero-order chi connectivity index (χ0) is 13.8. The molecule has 0 fully saturated rings.